The molecule has 0 aliphatic heterocycles. The first-order chi connectivity index (χ1) is 7.03. The molecule has 0 aromatic heterocycles. The van der Waals surface area contributed by atoms with Crippen LogP contribution in [-0.4, -0.2) is 8.32 Å². The molecule has 1 aromatic rings. The monoisotopic (exact) mass is 218 g/mol. The minimum atomic E-state index is -1.54. The lowest BCUT2D eigenvalue weighted by Gasteiger charge is -2.25. The molecule has 0 heterocycles. The molecule has 2 heteroatoms. The van der Waals surface area contributed by atoms with Crippen LogP contribution in [0.3, 0.4) is 0 Å². The third-order valence-electron chi connectivity index (χ3n) is 1.97. The highest BCUT2D eigenvalue weighted by molar-refractivity contribution is 6.69. The number of rotatable bonds is 4. The van der Waals surface area contributed by atoms with Crippen molar-refractivity contribution in [1.29, 1.82) is 0 Å². The van der Waals surface area contributed by atoms with Gasteiger partial charge in [-0.25, -0.2) is 0 Å². The summed E-state index contributed by atoms with van der Waals surface area (Å²) in [5.74, 6) is 2.69. The fourth-order valence-electron chi connectivity index (χ4n) is 1.43. The van der Waals surface area contributed by atoms with Gasteiger partial charge in [-0.3, -0.25) is 0 Å². The van der Waals surface area contributed by atoms with Crippen molar-refractivity contribution in [3.8, 4) is 12.3 Å². The van der Waals surface area contributed by atoms with Crippen LogP contribution in [0.5, 0.6) is 0 Å². The van der Waals surface area contributed by atoms with E-state index in [9.17, 15) is 0 Å². The molecule has 1 nitrogen and oxygen atoms in total. The highest BCUT2D eigenvalue weighted by atomic mass is 28.4. The molecule has 15 heavy (non-hydrogen) atoms. The molecule has 80 valence electrons. The largest absolute Gasteiger partial charge is 0.410 e. The van der Waals surface area contributed by atoms with Crippen molar-refractivity contribution >= 4 is 8.32 Å². The summed E-state index contributed by atoms with van der Waals surface area (Å²) < 4.78 is 6.06. The van der Waals surface area contributed by atoms with Crippen LogP contribution in [0.1, 0.15) is 18.1 Å². The number of benzene rings is 1. The molecule has 1 unspecified atom stereocenters. The Kier molecular flexibility index (Phi) is 4.13. The van der Waals surface area contributed by atoms with Gasteiger partial charge in [0.2, 0.25) is 0 Å². The Labute approximate surface area is 93.6 Å². The van der Waals surface area contributed by atoms with Crippen LogP contribution in [0.4, 0.5) is 0 Å². The zero-order valence-electron chi connectivity index (χ0n) is 9.66. The topological polar surface area (TPSA) is 9.23 Å². The molecule has 0 amide bonds. The maximum absolute atomic E-state index is 6.06. The zero-order chi connectivity index (χ0) is 11.3. The van der Waals surface area contributed by atoms with Gasteiger partial charge in [-0.1, -0.05) is 30.3 Å². The van der Waals surface area contributed by atoms with Crippen molar-refractivity contribution < 1.29 is 4.43 Å². The molecule has 0 N–H and O–H groups in total. The van der Waals surface area contributed by atoms with Crippen molar-refractivity contribution in [2.45, 2.75) is 32.2 Å². The average molecular weight is 218 g/mol. The Hall–Kier alpha value is -1.04. The maximum atomic E-state index is 6.06. The number of hydrogen-bond donors (Lipinski definition) is 0. The molecule has 0 radical (unpaired) electrons. The van der Waals surface area contributed by atoms with Gasteiger partial charge in [0.15, 0.2) is 8.32 Å². The summed E-state index contributed by atoms with van der Waals surface area (Å²) in [6, 6.07) is 10.2. The predicted molar refractivity (Wildman–Crippen MR) is 67.1 cm³/mol. The van der Waals surface area contributed by atoms with Gasteiger partial charge < -0.3 is 4.43 Å². The van der Waals surface area contributed by atoms with Crippen molar-refractivity contribution in [1.82, 2.24) is 0 Å². The summed E-state index contributed by atoms with van der Waals surface area (Å²) in [6.07, 6.45) is 6.08. The molecule has 0 fully saturated rings. The summed E-state index contributed by atoms with van der Waals surface area (Å²) in [5.41, 5.74) is 1.18. The van der Waals surface area contributed by atoms with Crippen LogP contribution in [0.25, 0.3) is 0 Å². The molecule has 0 aliphatic rings. The van der Waals surface area contributed by atoms with Gasteiger partial charge in [0.25, 0.3) is 0 Å². The smallest absolute Gasteiger partial charge is 0.184 e. The lowest BCUT2D eigenvalue weighted by molar-refractivity contribution is 0.204. The fraction of sp³-hybridized carbons (Fsp3) is 0.385. The summed E-state index contributed by atoms with van der Waals surface area (Å²) in [5, 5.41) is 0. The third kappa shape index (κ3) is 4.33. The number of hydrogen-bond acceptors (Lipinski definition) is 1. The third-order valence-corrected chi connectivity index (χ3v) is 2.96. The summed E-state index contributed by atoms with van der Waals surface area (Å²) in [4.78, 5) is 0. The molecule has 0 spiro atoms. The molecular formula is C13H18OSi. The van der Waals surface area contributed by atoms with Crippen LogP contribution in [0.15, 0.2) is 30.3 Å². The predicted octanol–water partition coefficient (Wildman–Crippen LogP) is 3.60. The van der Waals surface area contributed by atoms with Gasteiger partial charge >= 0.3 is 0 Å². The Morgan fingerprint density at radius 3 is 2.33 bits per heavy atom. The maximum Gasteiger partial charge on any atom is 0.184 e. The Morgan fingerprint density at radius 2 is 1.87 bits per heavy atom. The van der Waals surface area contributed by atoms with E-state index in [-0.39, 0.29) is 6.10 Å². The second-order valence-corrected chi connectivity index (χ2v) is 9.00. The van der Waals surface area contributed by atoms with Crippen LogP contribution in [0, 0.1) is 12.3 Å². The van der Waals surface area contributed by atoms with E-state index in [0.29, 0.717) is 6.42 Å². The van der Waals surface area contributed by atoms with E-state index in [0.717, 1.165) is 0 Å². The standard InChI is InChI=1S/C13H18OSi/c1-5-9-13(14-15(2,3)4)12-10-7-6-8-11-12/h1,6-8,10-11,13H,9H2,2-4H3. The van der Waals surface area contributed by atoms with Gasteiger partial charge in [-0.05, 0) is 25.2 Å². The first kappa shape index (κ1) is 12.0. The van der Waals surface area contributed by atoms with E-state index < -0.39 is 8.32 Å². The molecule has 0 aliphatic carbocycles. The van der Waals surface area contributed by atoms with Crippen LogP contribution < -0.4 is 0 Å². The second-order valence-electron chi connectivity index (χ2n) is 4.54. The van der Waals surface area contributed by atoms with E-state index in [4.69, 9.17) is 10.8 Å². The SMILES string of the molecule is C#CCC(O[Si](C)(C)C)c1ccccc1. The van der Waals surface area contributed by atoms with E-state index in [1.165, 1.54) is 5.56 Å². The van der Waals surface area contributed by atoms with E-state index in [1.54, 1.807) is 0 Å². The van der Waals surface area contributed by atoms with Gasteiger partial charge in [0, 0.05) is 6.42 Å². The highest BCUT2D eigenvalue weighted by Gasteiger charge is 2.21. The van der Waals surface area contributed by atoms with Gasteiger partial charge in [0.05, 0.1) is 6.10 Å². The molecule has 0 bridgehead atoms. The Morgan fingerprint density at radius 1 is 1.27 bits per heavy atom. The second kappa shape index (κ2) is 5.15. The molecule has 1 rings (SSSR count). The zero-order valence-corrected chi connectivity index (χ0v) is 10.7. The van der Waals surface area contributed by atoms with E-state index in [1.807, 2.05) is 18.2 Å². The van der Waals surface area contributed by atoms with Crippen molar-refractivity contribution in [3.05, 3.63) is 35.9 Å². The summed E-state index contributed by atoms with van der Waals surface area (Å²) >= 11 is 0. The van der Waals surface area contributed by atoms with Crippen LogP contribution in [-0.2, 0) is 4.43 Å². The summed E-state index contributed by atoms with van der Waals surface area (Å²) in [7, 11) is -1.54. The lowest BCUT2D eigenvalue weighted by Crippen LogP contribution is -2.27. The van der Waals surface area contributed by atoms with Crippen molar-refractivity contribution in [2.24, 2.45) is 0 Å². The molecule has 1 atom stereocenters. The summed E-state index contributed by atoms with van der Waals surface area (Å²) in [6.45, 7) is 6.54. The van der Waals surface area contributed by atoms with Crippen LogP contribution in [0.2, 0.25) is 19.6 Å². The van der Waals surface area contributed by atoms with Gasteiger partial charge in [0.1, 0.15) is 0 Å². The molecule has 0 saturated carbocycles. The quantitative estimate of drug-likeness (QED) is 0.554. The molecule has 0 saturated heterocycles. The average Bonchev–Trinajstić information content (AvgIpc) is 2.17. The van der Waals surface area contributed by atoms with Crippen molar-refractivity contribution in [3.63, 3.8) is 0 Å². The van der Waals surface area contributed by atoms with Gasteiger partial charge in [-0.15, -0.1) is 12.3 Å². The highest BCUT2D eigenvalue weighted by Crippen LogP contribution is 2.24. The number of terminal acetylenes is 1. The Bertz CT molecular complexity index is 332. The van der Waals surface area contributed by atoms with Crippen LogP contribution >= 0.6 is 0 Å². The normalized spacial score (nSPS) is 13.2. The Balaban J connectivity index is 2.80. The van der Waals surface area contributed by atoms with Crippen molar-refractivity contribution in [2.75, 3.05) is 0 Å². The molecule has 1 aromatic carbocycles. The minimum absolute atomic E-state index is 0.0582. The first-order valence-corrected chi connectivity index (χ1v) is 8.60. The first-order valence-electron chi connectivity index (χ1n) is 5.19. The van der Waals surface area contributed by atoms with E-state index >= 15 is 0 Å². The molecular weight excluding hydrogens is 200 g/mol. The minimum Gasteiger partial charge on any atom is -0.410 e. The fourth-order valence-corrected chi connectivity index (χ4v) is 2.50. The van der Waals surface area contributed by atoms with Gasteiger partial charge in [-0.2, -0.15) is 0 Å². The van der Waals surface area contributed by atoms with E-state index in [2.05, 4.69) is 37.7 Å². The lowest BCUT2D eigenvalue weighted by atomic mass is 10.1.